The van der Waals surface area contributed by atoms with Gasteiger partial charge in [0.2, 0.25) is 0 Å². The quantitative estimate of drug-likeness (QED) is 0.832. The van der Waals surface area contributed by atoms with Gasteiger partial charge in [-0.25, -0.2) is 0 Å². The summed E-state index contributed by atoms with van der Waals surface area (Å²) in [5.74, 6) is 0.206. The van der Waals surface area contributed by atoms with Crippen molar-refractivity contribution in [1.29, 1.82) is 0 Å². The summed E-state index contributed by atoms with van der Waals surface area (Å²) in [4.78, 5) is 7.61. The maximum Gasteiger partial charge on any atom is 0.0855 e. The van der Waals surface area contributed by atoms with Crippen LogP contribution in [0.3, 0.4) is 0 Å². The second-order valence-electron chi connectivity index (χ2n) is 4.64. The van der Waals surface area contributed by atoms with Crippen molar-refractivity contribution in [3.8, 4) is 0 Å². The first-order valence-corrected chi connectivity index (χ1v) is 7.21. The lowest BCUT2D eigenvalue weighted by molar-refractivity contribution is 0.0366. The van der Waals surface area contributed by atoms with E-state index in [0.717, 1.165) is 50.1 Å². The number of thiocarbonyl (C=S) groups is 1. The number of morpholine rings is 1. The number of hydrogen-bond donors (Lipinski definition) is 1. The highest BCUT2D eigenvalue weighted by atomic mass is 32.1. The summed E-state index contributed by atoms with van der Waals surface area (Å²) in [6.07, 6.45) is 2.79. The van der Waals surface area contributed by atoms with Gasteiger partial charge in [0, 0.05) is 19.3 Å². The summed E-state index contributed by atoms with van der Waals surface area (Å²) in [5.41, 5.74) is 1.05. The van der Waals surface area contributed by atoms with Gasteiger partial charge >= 0.3 is 0 Å². The molecule has 2 rings (SSSR count). The molecule has 0 radical (unpaired) electrons. The largest absolute Gasteiger partial charge is 0.379 e. The van der Waals surface area contributed by atoms with Gasteiger partial charge in [0.1, 0.15) is 0 Å². The molecule has 1 aliphatic rings. The highest BCUT2D eigenvalue weighted by Gasteiger charge is 2.17. The molecule has 19 heavy (non-hydrogen) atoms. The summed E-state index contributed by atoms with van der Waals surface area (Å²) in [7, 11) is 0. The van der Waals surface area contributed by atoms with Crippen LogP contribution >= 0.6 is 12.2 Å². The minimum Gasteiger partial charge on any atom is -0.379 e. The van der Waals surface area contributed by atoms with Crippen LogP contribution in [0.25, 0.3) is 0 Å². The van der Waals surface area contributed by atoms with Crippen molar-refractivity contribution in [2.24, 2.45) is 0 Å². The highest BCUT2D eigenvalue weighted by Crippen LogP contribution is 2.17. The number of nitrogens with one attached hydrogen (secondary N) is 1. The summed E-state index contributed by atoms with van der Waals surface area (Å²) in [6.45, 7) is 6.50. The van der Waals surface area contributed by atoms with Gasteiger partial charge in [-0.2, -0.15) is 0 Å². The van der Waals surface area contributed by atoms with E-state index in [0.29, 0.717) is 0 Å². The molecule has 0 bridgehead atoms. The van der Waals surface area contributed by atoms with Crippen LogP contribution in [0.5, 0.6) is 0 Å². The molecule has 1 aromatic rings. The summed E-state index contributed by atoms with van der Waals surface area (Å²) >= 11 is 5.52. The maximum atomic E-state index is 5.52. The van der Waals surface area contributed by atoms with Gasteiger partial charge in [-0.15, -0.1) is 0 Å². The second kappa shape index (κ2) is 7.53. The molecule has 1 N–H and O–H groups in total. The van der Waals surface area contributed by atoms with Gasteiger partial charge in [0.15, 0.2) is 0 Å². The lowest BCUT2D eigenvalue weighted by Gasteiger charge is -2.28. The normalized spacial score (nSPS) is 17.9. The molecule has 1 saturated heterocycles. The van der Waals surface area contributed by atoms with Crippen LogP contribution in [0.15, 0.2) is 24.4 Å². The molecule has 0 aliphatic carbocycles. The van der Waals surface area contributed by atoms with Crippen molar-refractivity contribution in [1.82, 2.24) is 15.2 Å². The number of rotatable bonds is 5. The molecule has 0 aromatic carbocycles. The maximum absolute atomic E-state index is 5.52. The van der Waals surface area contributed by atoms with Crippen molar-refractivity contribution in [3.63, 3.8) is 0 Å². The summed E-state index contributed by atoms with van der Waals surface area (Å²) in [5, 5.41) is 3.36. The summed E-state index contributed by atoms with van der Waals surface area (Å²) in [6, 6.07) is 5.98. The fraction of sp³-hybridized carbons (Fsp3) is 0.571. The Morgan fingerprint density at radius 3 is 2.89 bits per heavy atom. The molecule has 2 heterocycles. The third-order valence-corrected chi connectivity index (χ3v) is 3.78. The Hall–Kier alpha value is -1.04. The van der Waals surface area contributed by atoms with E-state index in [-0.39, 0.29) is 5.92 Å². The number of pyridine rings is 1. The zero-order chi connectivity index (χ0) is 13.5. The molecule has 1 aliphatic heterocycles. The first kappa shape index (κ1) is 14.4. The SMILES string of the molecule is CCC(C(=S)NCN1CCOCC1)c1ccccn1. The average molecular weight is 279 g/mol. The fourth-order valence-corrected chi connectivity index (χ4v) is 2.54. The Kier molecular flexibility index (Phi) is 5.69. The Balaban J connectivity index is 1.86. The Morgan fingerprint density at radius 2 is 2.26 bits per heavy atom. The number of aromatic nitrogens is 1. The zero-order valence-corrected chi connectivity index (χ0v) is 12.2. The van der Waals surface area contributed by atoms with Crippen LogP contribution < -0.4 is 5.32 Å². The number of hydrogen-bond acceptors (Lipinski definition) is 4. The van der Waals surface area contributed by atoms with E-state index in [9.17, 15) is 0 Å². The van der Waals surface area contributed by atoms with Crippen molar-refractivity contribution in [3.05, 3.63) is 30.1 Å². The molecular formula is C14H21N3OS. The van der Waals surface area contributed by atoms with Gasteiger partial charge < -0.3 is 10.1 Å². The van der Waals surface area contributed by atoms with Crippen LogP contribution in [0, 0.1) is 0 Å². The number of nitrogens with zero attached hydrogens (tertiary/aromatic N) is 2. The van der Waals surface area contributed by atoms with E-state index in [2.05, 4.69) is 22.1 Å². The van der Waals surface area contributed by atoms with E-state index in [1.54, 1.807) is 0 Å². The Bertz CT molecular complexity index is 393. The van der Waals surface area contributed by atoms with E-state index >= 15 is 0 Å². The molecule has 0 amide bonds. The van der Waals surface area contributed by atoms with Crippen LogP contribution in [0.4, 0.5) is 0 Å². The van der Waals surface area contributed by atoms with Crippen LogP contribution in [-0.4, -0.2) is 47.8 Å². The van der Waals surface area contributed by atoms with E-state index in [1.807, 2.05) is 24.4 Å². The van der Waals surface area contributed by atoms with Crippen LogP contribution in [0.1, 0.15) is 25.0 Å². The highest BCUT2D eigenvalue weighted by molar-refractivity contribution is 7.80. The first-order valence-electron chi connectivity index (χ1n) is 6.80. The molecule has 0 spiro atoms. The van der Waals surface area contributed by atoms with Crippen LogP contribution in [-0.2, 0) is 4.74 Å². The third-order valence-electron chi connectivity index (χ3n) is 3.35. The lowest BCUT2D eigenvalue weighted by atomic mass is 10.0. The molecule has 4 nitrogen and oxygen atoms in total. The smallest absolute Gasteiger partial charge is 0.0855 e. The molecule has 1 aromatic heterocycles. The predicted molar refractivity (Wildman–Crippen MR) is 80.3 cm³/mol. The minimum atomic E-state index is 0.206. The standard InChI is InChI=1S/C14H21N3OS/c1-2-12(13-5-3-4-6-15-13)14(19)16-11-17-7-9-18-10-8-17/h3-6,12H,2,7-11H2,1H3,(H,16,19). The van der Waals surface area contributed by atoms with Gasteiger partial charge in [-0.3, -0.25) is 9.88 Å². The Morgan fingerprint density at radius 1 is 1.47 bits per heavy atom. The fourth-order valence-electron chi connectivity index (χ4n) is 2.18. The van der Waals surface area contributed by atoms with Gasteiger partial charge in [0.05, 0.1) is 36.5 Å². The van der Waals surface area contributed by atoms with E-state index in [1.165, 1.54) is 0 Å². The molecule has 1 atom stereocenters. The van der Waals surface area contributed by atoms with E-state index in [4.69, 9.17) is 17.0 Å². The molecule has 0 saturated carbocycles. The topological polar surface area (TPSA) is 37.4 Å². The van der Waals surface area contributed by atoms with Gasteiger partial charge in [0.25, 0.3) is 0 Å². The molecule has 1 unspecified atom stereocenters. The van der Waals surface area contributed by atoms with Gasteiger partial charge in [-0.05, 0) is 18.6 Å². The Labute approximate surface area is 120 Å². The average Bonchev–Trinajstić information content (AvgIpc) is 2.48. The van der Waals surface area contributed by atoms with Crippen LogP contribution in [0.2, 0.25) is 0 Å². The van der Waals surface area contributed by atoms with Gasteiger partial charge in [-0.1, -0.05) is 25.2 Å². The van der Waals surface area contributed by atoms with E-state index < -0.39 is 0 Å². The monoisotopic (exact) mass is 279 g/mol. The first-order chi connectivity index (χ1) is 9.31. The zero-order valence-electron chi connectivity index (χ0n) is 11.3. The minimum absolute atomic E-state index is 0.206. The molecule has 104 valence electrons. The third kappa shape index (κ3) is 4.23. The van der Waals surface area contributed by atoms with Crippen molar-refractivity contribution in [2.45, 2.75) is 19.3 Å². The summed E-state index contributed by atoms with van der Waals surface area (Å²) < 4.78 is 5.33. The van der Waals surface area contributed by atoms with Crippen molar-refractivity contribution >= 4 is 17.2 Å². The van der Waals surface area contributed by atoms with Crippen molar-refractivity contribution < 1.29 is 4.74 Å². The predicted octanol–water partition coefficient (Wildman–Crippen LogP) is 1.78. The molecular weight excluding hydrogens is 258 g/mol. The molecule has 1 fully saturated rings. The van der Waals surface area contributed by atoms with Crippen molar-refractivity contribution in [2.75, 3.05) is 33.0 Å². The second-order valence-corrected chi connectivity index (χ2v) is 5.08. The number of ether oxygens (including phenoxy) is 1. The lowest BCUT2D eigenvalue weighted by Crippen LogP contribution is -2.44. The molecule has 5 heteroatoms.